The molecule has 8 heteroatoms. The first kappa shape index (κ1) is 19.3. The number of amides is 1. The minimum atomic E-state index is -0.574. The summed E-state index contributed by atoms with van der Waals surface area (Å²) in [7, 11) is 1.53. The average molecular weight is 404 g/mol. The Labute approximate surface area is 165 Å². The molecule has 0 aliphatic heterocycles. The maximum Gasteiger partial charge on any atom is 0.266 e. The van der Waals surface area contributed by atoms with Crippen molar-refractivity contribution in [3.05, 3.63) is 57.3 Å². The van der Waals surface area contributed by atoms with Crippen molar-refractivity contribution in [2.45, 2.75) is 24.3 Å². The molecule has 1 unspecified atom stereocenters. The van der Waals surface area contributed by atoms with Crippen LogP contribution < -0.4 is 16.0 Å². The fraction of sp³-hybridized carbons (Fsp3) is 0.211. The summed E-state index contributed by atoms with van der Waals surface area (Å²) in [5.41, 5.74) is 7.08. The Morgan fingerprint density at radius 2 is 2.04 bits per heavy atom. The van der Waals surface area contributed by atoms with E-state index in [1.165, 1.54) is 11.7 Å². The number of hydrogen-bond donors (Lipinski definition) is 1. The van der Waals surface area contributed by atoms with Crippen LogP contribution in [-0.4, -0.2) is 27.8 Å². The molecule has 1 heterocycles. The molecule has 2 aromatic carbocycles. The van der Waals surface area contributed by atoms with Crippen LogP contribution in [-0.2, 0) is 4.79 Å². The highest BCUT2D eigenvalue weighted by atomic mass is 35.5. The molecule has 1 aromatic heterocycles. The van der Waals surface area contributed by atoms with Crippen molar-refractivity contribution in [1.82, 2.24) is 9.55 Å². The second-order valence-electron chi connectivity index (χ2n) is 6.03. The highest BCUT2D eigenvalue weighted by molar-refractivity contribution is 8.00. The number of thioether (sulfide) groups is 1. The van der Waals surface area contributed by atoms with Gasteiger partial charge < -0.3 is 10.5 Å². The Morgan fingerprint density at radius 3 is 2.70 bits per heavy atom. The smallest absolute Gasteiger partial charge is 0.266 e. The summed E-state index contributed by atoms with van der Waals surface area (Å²) in [5.74, 6) is 0.0228. The summed E-state index contributed by atoms with van der Waals surface area (Å²) in [5, 5.41) is 0.652. The number of primary amides is 1. The highest BCUT2D eigenvalue weighted by Gasteiger charge is 2.20. The van der Waals surface area contributed by atoms with Crippen LogP contribution in [0.5, 0.6) is 5.75 Å². The second kappa shape index (κ2) is 7.62. The number of rotatable bonds is 5. The molecule has 140 valence electrons. The van der Waals surface area contributed by atoms with Crippen molar-refractivity contribution in [3.8, 4) is 11.4 Å². The zero-order valence-corrected chi connectivity index (χ0v) is 16.6. The Morgan fingerprint density at radius 1 is 1.30 bits per heavy atom. The topological polar surface area (TPSA) is 87.2 Å². The van der Waals surface area contributed by atoms with Crippen LogP contribution >= 0.6 is 23.4 Å². The van der Waals surface area contributed by atoms with Crippen molar-refractivity contribution in [3.63, 3.8) is 0 Å². The molecule has 1 atom stereocenters. The standard InChI is InChI=1S/C19H18ClN3O3S/c1-10-4-7-16(26-3)15(8-10)23-18(25)13-6-5-12(20)9-14(13)22-19(23)27-11(2)17(21)24/h4-9,11H,1-3H3,(H2,21,24). The number of nitrogens with zero attached hydrogens (tertiary/aromatic N) is 2. The van der Waals surface area contributed by atoms with Gasteiger partial charge >= 0.3 is 0 Å². The molecule has 27 heavy (non-hydrogen) atoms. The second-order valence-corrected chi connectivity index (χ2v) is 7.78. The van der Waals surface area contributed by atoms with Crippen LogP contribution in [0.4, 0.5) is 0 Å². The van der Waals surface area contributed by atoms with Gasteiger partial charge in [-0.2, -0.15) is 0 Å². The molecular weight excluding hydrogens is 386 g/mol. The predicted molar refractivity (Wildman–Crippen MR) is 108 cm³/mol. The van der Waals surface area contributed by atoms with Gasteiger partial charge in [-0.15, -0.1) is 0 Å². The number of aromatic nitrogens is 2. The lowest BCUT2D eigenvalue weighted by Crippen LogP contribution is -2.26. The molecule has 0 spiro atoms. The van der Waals surface area contributed by atoms with Gasteiger partial charge in [0.05, 0.1) is 29.0 Å². The summed E-state index contributed by atoms with van der Waals surface area (Å²) >= 11 is 7.17. The van der Waals surface area contributed by atoms with E-state index in [2.05, 4.69) is 4.98 Å². The fourth-order valence-corrected chi connectivity index (χ4v) is 3.66. The van der Waals surface area contributed by atoms with Crippen LogP contribution in [0.3, 0.4) is 0 Å². The number of carbonyl (C=O) groups excluding carboxylic acids is 1. The zero-order valence-electron chi connectivity index (χ0n) is 15.0. The number of hydrogen-bond acceptors (Lipinski definition) is 5. The van der Waals surface area contributed by atoms with Gasteiger partial charge in [0, 0.05) is 5.02 Å². The lowest BCUT2D eigenvalue weighted by atomic mass is 10.2. The van der Waals surface area contributed by atoms with Gasteiger partial charge in [-0.3, -0.25) is 14.2 Å². The van der Waals surface area contributed by atoms with Gasteiger partial charge in [0.1, 0.15) is 5.75 Å². The summed E-state index contributed by atoms with van der Waals surface area (Å²) in [6.07, 6.45) is 0. The van der Waals surface area contributed by atoms with Crippen LogP contribution in [0, 0.1) is 6.92 Å². The molecule has 6 nitrogen and oxygen atoms in total. The number of benzene rings is 2. The van der Waals surface area contributed by atoms with E-state index >= 15 is 0 Å². The molecule has 2 N–H and O–H groups in total. The van der Waals surface area contributed by atoms with Gasteiger partial charge in [-0.25, -0.2) is 4.98 Å². The van der Waals surface area contributed by atoms with Crippen LogP contribution in [0.1, 0.15) is 12.5 Å². The van der Waals surface area contributed by atoms with E-state index in [0.29, 0.717) is 32.5 Å². The van der Waals surface area contributed by atoms with Crippen molar-refractivity contribution in [1.29, 1.82) is 0 Å². The highest BCUT2D eigenvalue weighted by Crippen LogP contribution is 2.30. The molecule has 0 saturated carbocycles. The maximum atomic E-state index is 13.3. The van der Waals surface area contributed by atoms with Crippen LogP contribution in [0.15, 0.2) is 46.3 Å². The quantitative estimate of drug-likeness (QED) is 0.521. The van der Waals surface area contributed by atoms with Gasteiger partial charge in [0.2, 0.25) is 5.91 Å². The molecule has 0 radical (unpaired) electrons. The lowest BCUT2D eigenvalue weighted by molar-refractivity contribution is -0.117. The Bertz CT molecular complexity index is 1100. The molecule has 3 rings (SSSR count). The normalized spacial score (nSPS) is 12.1. The van der Waals surface area contributed by atoms with Crippen molar-refractivity contribution < 1.29 is 9.53 Å². The molecule has 0 saturated heterocycles. The summed E-state index contributed by atoms with van der Waals surface area (Å²) in [6, 6.07) is 10.4. The van der Waals surface area contributed by atoms with Crippen LogP contribution in [0.2, 0.25) is 5.02 Å². The summed E-state index contributed by atoms with van der Waals surface area (Å²) in [6.45, 7) is 3.58. The van der Waals surface area contributed by atoms with Crippen LogP contribution in [0.25, 0.3) is 16.6 Å². The van der Waals surface area contributed by atoms with Crippen molar-refractivity contribution in [2.24, 2.45) is 5.73 Å². The largest absolute Gasteiger partial charge is 0.495 e. The molecular formula is C19H18ClN3O3S. The number of ether oxygens (including phenoxy) is 1. The minimum Gasteiger partial charge on any atom is -0.495 e. The number of aryl methyl sites for hydroxylation is 1. The number of halogens is 1. The zero-order chi connectivity index (χ0) is 19.7. The van der Waals surface area contributed by atoms with E-state index < -0.39 is 11.2 Å². The molecule has 0 fully saturated rings. The number of methoxy groups -OCH3 is 1. The maximum absolute atomic E-state index is 13.3. The van der Waals surface area contributed by atoms with Crippen molar-refractivity contribution in [2.75, 3.05) is 7.11 Å². The van der Waals surface area contributed by atoms with E-state index in [-0.39, 0.29) is 5.56 Å². The molecule has 3 aromatic rings. The molecule has 0 aliphatic rings. The van der Waals surface area contributed by atoms with E-state index in [9.17, 15) is 9.59 Å². The third-order valence-corrected chi connectivity index (χ3v) is 5.36. The third-order valence-electron chi connectivity index (χ3n) is 4.06. The van der Waals surface area contributed by atoms with E-state index in [1.807, 2.05) is 19.1 Å². The number of carbonyl (C=O) groups is 1. The number of fused-ring (bicyclic) bond motifs is 1. The lowest BCUT2D eigenvalue weighted by Gasteiger charge is -2.17. The van der Waals surface area contributed by atoms with Gasteiger partial charge in [0.15, 0.2) is 5.16 Å². The minimum absolute atomic E-state index is 0.278. The molecule has 0 aliphatic carbocycles. The predicted octanol–water partition coefficient (Wildman–Crippen LogP) is 3.32. The van der Waals surface area contributed by atoms with Gasteiger partial charge in [-0.05, 0) is 49.7 Å². The first-order valence-electron chi connectivity index (χ1n) is 8.15. The van der Waals surface area contributed by atoms with E-state index in [0.717, 1.165) is 17.3 Å². The Balaban J connectivity index is 2.37. The molecule has 1 amide bonds. The first-order valence-corrected chi connectivity index (χ1v) is 9.41. The van der Waals surface area contributed by atoms with E-state index in [1.54, 1.807) is 31.2 Å². The van der Waals surface area contributed by atoms with E-state index in [4.69, 9.17) is 22.1 Å². The van der Waals surface area contributed by atoms with Gasteiger partial charge in [-0.1, -0.05) is 29.4 Å². The number of nitrogens with two attached hydrogens (primary N) is 1. The monoisotopic (exact) mass is 403 g/mol. The summed E-state index contributed by atoms with van der Waals surface area (Å²) in [4.78, 5) is 29.4. The fourth-order valence-electron chi connectivity index (χ4n) is 2.62. The Hall–Kier alpha value is -2.51. The summed E-state index contributed by atoms with van der Waals surface area (Å²) < 4.78 is 6.89. The first-order chi connectivity index (χ1) is 12.8. The Kier molecular flexibility index (Phi) is 5.43. The molecule has 0 bridgehead atoms. The van der Waals surface area contributed by atoms with Gasteiger partial charge in [0.25, 0.3) is 5.56 Å². The third kappa shape index (κ3) is 3.79. The van der Waals surface area contributed by atoms with Crippen molar-refractivity contribution >= 4 is 40.2 Å². The SMILES string of the molecule is COc1ccc(C)cc1-n1c(SC(C)C(N)=O)nc2cc(Cl)ccc2c1=O. The average Bonchev–Trinajstić information content (AvgIpc) is 2.61.